The molecule has 2 aromatic carbocycles. The van der Waals surface area contributed by atoms with Gasteiger partial charge in [-0.25, -0.2) is 9.18 Å². The van der Waals surface area contributed by atoms with E-state index >= 15 is 0 Å². The summed E-state index contributed by atoms with van der Waals surface area (Å²) in [5.41, 5.74) is 0.918. The number of nitrogens with zero attached hydrogens (tertiary/aromatic N) is 1. The molecule has 5 nitrogen and oxygen atoms in total. The second kappa shape index (κ2) is 5.64. The minimum Gasteiger partial charge on any atom is -0.480 e. The van der Waals surface area contributed by atoms with Crippen LogP contribution in [-0.2, 0) is 11.2 Å². The van der Waals surface area contributed by atoms with Gasteiger partial charge in [-0.2, -0.15) is 0 Å². The lowest BCUT2D eigenvalue weighted by molar-refractivity contribution is -0.141. The van der Waals surface area contributed by atoms with Crippen molar-refractivity contribution in [2.24, 2.45) is 0 Å². The Morgan fingerprint density at radius 2 is 1.52 bits per heavy atom. The highest BCUT2D eigenvalue weighted by molar-refractivity contribution is 6.22. The van der Waals surface area contributed by atoms with Gasteiger partial charge in [0.1, 0.15) is 11.9 Å². The molecule has 3 rings (SSSR count). The van der Waals surface area contributed by atoms with Gasteiger partial charge in [0.05, 0.1) is 11.1 Å². The van der Waals surface area contributed by atoms with E-state index in [0.717, 1.165) is 4.90 Å². The van der Waals surface area contributed by atoms with Crippen molar-refractivity contribution in [2.45, 2.75) is 12.5 Å². The number of imide groups is 1. The molecule has 0 radical (unpaired) electrons. The quantitative estimate of drug-likeness (QED) is 0.877. The molecule has 0 spiro atoms. The molecule has 116 valence electrons. The van der Waals surface area contributed by atoms with E-state index in [1.54, 1.807) is 12.1 Å². The van der Waals surface area contributed by atoms with Crippen molar-refractivity contribution >= 4 is 17.8 Å². The normalized spacial score (nSPS) is 14.7. The Morgan fingerprint density at radius 1 is 1.00 bits per heavy atom. The first-order valence-electron chi connectivity index (χ1n) is 6.93. The van der Waals surface area contributed by atoms with Crippen LogP contribution < -0.4 is 0 Å². The van der Waals surface area contributed by atoms with Crippen molar-refractivity contribution in [2.75, 3.05) is 0 Å². The molecular weight excluding hydrogens is 301 g/mol. The van der Waals surface area contributed by atoms with Crippen molar-refractivity contribution in [1.82, 2.24) is 4.90 Å². The first-order valence-corrected chi connectivity index (χ1v) is 6.93. The fraction of sp³-hybridized carbons (Fsp3) is 0.118. The fourth-order valence-corrected chi connectivity index (χ4v) is 2.62. The molecule has 1 atom stereocenters. The highest BCUT2D eigenvalue weighted by Gasteiger charge is 2.42. The van der Waals surface area contributed by atoms with E-state index in [2.05, 4.69) is 0 Å². The smallest absolute Gasteiger partial charge is 0.327 e. The SMILES string of the molecule is O=C(O)[C@H](Cc1ccc(F)cc1)N1C(=O)c2ccccc2C1=O. The molecule has 0 unspecified atom stereocenters. The minimum atomic E-state index is -1.34. The van der Waals surface area contributed by atoms with Crippen LogP contribution >= 0.6 is 0 Å². The van der Waals surface area contributed by atoms with Gasteiger partial charge in [-0.1, -0.05) is 24.3 Å². The molecule has 0 bridgehead atoms. The van der Waals surface area contributed by atoms with Gasteiger partial charge in [0, 0.05) is 6.42 Å². The number of hydrogen-bond donors (Lipinski definition) is 1. The van der Waals surface area contributed by atoms with Gasteiger partial charge < -0.3 is 5.11 Å². The number of aliphatic carboxylic acids is 1. The highest BCUT2D eigenvalue weighted by atomic mass is 19.1. The van der Waals surface area contributed by atoms with Crippen LogP contribution in [0, 0.1) is 5.82 Å². The second-order valence-corrected chi connectivity index (χ2v) is 5.21. The Hall–Kier alpha value is -3.02. The largest absolute Gasteiger partial charge is 0.480 e. The summed E-state index contributed by atoms with van der Waals surface area (Å²) in [7, 11) is 0. The third kappa shape index (κ3) is 2.59. The van der Waals surface area contributed by atoms with Crippen LogP contribution in [-0.4, -0.2) is 33.8 Å². The molecule has 0 aliphatic carbocycles. The average molecular weight is 313 g/mol. The van der Waals surface area contributed by atoms with Gasteiger partial charge in [-0.15, -0.1) is 0 Å². The summed E-state index contributed by atoms with van der Waals surface area (Å²) in [6.07, 6.45) is -0.0823. The van der Waals surface area contributed by atoms with E-state index < -0.39 is 29.6 Å². The number of carbonyl (C=O) groups excluding carboxylic acids is 2. The first kappa shape index (κ1) is 14.9. The Labute approximate surface area is 131 Å². The maximum absolute atomic E-state index is 13.0. The summed E-state index contributed by atoms with van der Waals surface area (Å²) in [5, 5.41) is 9.44. The number of carboxylic acid groups (broad SMARTS) is 1. The Bertz CT molecular complexity index is 765. The zero-order chi connectivity index (χ0) is 16.6. The van der Waals surface area contributed by atoms with Crippen molar-refractivity contribution in [3.05, 3.63) is 71.0 Å². The number of carbonyl (C=O) groups is 3. The van der Waals surface area contributed by atoms with Gasteiger partial charge in [-0.3, -0.25) is 14.5 Å². The van der Waals surface area contributed by atoms with Gasteiger partial charge in [0.2, 0.25) is 0 Å². The van der Waals surface area contributed by atoms with E-state index in [0.29, 0.717) is 5.56 Å². The van der Waals surface area contributed by atoms with Gasteiger partial charge >= 0.3 is 5.97 Å². The number of amides is 2. The van der Waals surface area contributed by atoms with E-state index in [1.807, 2.05) is 0 Å². The molecule has 0 aromatic heterocycles. The van der Waals surface area contributed by atoms with Crippen LogP contribution in [0.15, 0.2) is 48.5 Å². The third-order valence-corrected chi connectivity index (χ3v) is 3.76. The summed E-state index contributed by atoms with van der Waals surface area (Å²) in [6.45, 7) is 0. The van der Waals surface area contributed by atoms with Crippen LogP contribution in [0.4, 0.5) is 4.39 Å². The molecule has 2 aromatic rings. The Kier molecular flexibility index (Phi) is 3.65. The zero-order valence-corrected chi connectivity index (χ0v) is 11.9. The third-order valence-electron chi connectivity index (χ3n) is 3.76. The second-order valence-electron chi connectivity index (χ2n) is 5.21. The summed E-state index contributed by atoms with van der Waals surface area (Å²) in [6, 6.07) is 10.2. The van der Waals surface area contributed by atoms with E-state index in [1.165, 1.54) is 36.4 Å². The Balaban J connectivity index is 1.94. The van der Waals surface area contributed by atoms with Crippen LogP contribution in [0.5, 0.6) is 0 Å². The van der Waals surface area contributed by atoms with E-state index in [9.17, 15) is 23.9 Å². The van der Waals surface area contributed by atoms with Crippen molar-refractivity contribution < 1.29 is 23.9 Å². The first-order chi connectivity index (χ1) is 11.0. The zero-order valence-electron chi connectivity index (χ0n) is 11.9. The van der Waals surface area contributed by atoms with Crippen molar-refractivity contribution in [3.63, 3.8) is 0 Å². The standard InChI is InChI=1S/C17H12FNO4/c18-11-7-5-10(6-8-11)9-14(17(22)23)19-15(20)12-3-1-2-4-13(12)16(19)21/h1-8,14H,9H2,(H,22,23)/t14-/m0/s1. The molecule has 1 aliphatic rings. The van der Waals surface area contributed by atoms with Crippen LogP contribution in [0.3, 0.4) is 0 Å². The molecule has 1 heterocycles. The van der Waals surface area contributed by atoms with Crippen molar-refractivity contribution in [1.29, 1.82) is 0 Å². The lowest BCUT2D eigenvalue weighted by Crippen LogP contribution is -2.46. The number of hydrogen-bond acceptors (Lipinski definition) is 3. The molecule has 0 saturated heterocycles. The van der Waals surface area contributed by atoms with Crippen LogP contribution in [0.2, 0.25) is 0 Å². The predicted molar refractivity (Wildman–Crippen MR) is 78.5 cm³/mol. The summed E-state index contributed by atoms with van der Waals surface area (Å²) < 4.78 is 13.0. The van der Waals surface area contributed by atoms with Crippen LogP contribution in [0.1, 0.15) is 26.3 Å². The number of rotatable bonds is 4. The monoisotopic (exact) mass is 313 g/mol. The average Bonchev–Trinajstić information content (AvgIpc) is 2.79. The Morgan fingerprint density at radius 3 is 2.00 bits per heavy atom. The van der Waals surface area contributed by atoms with E-state index in [4.69, 9.17) is 0 Å². The lowest BCUT2D eigenvalue weighted by atomic mass is 10.0. The number of fused-ring (bicyclic) bond motifs is 1. The van der Waals surface area contributed by atoms with Crippen LogP contribution in [0.25, 0.3) is 0 Å². The maximum Gasteiger partial charge on any atom is 0.327 e. The number of carboxylic acids is 1. The molecule has 0 saturated carbocycles. The molecule has 23 heavy (non-hydrogen) atoms. The lowest BCUT2D eigenvalue weighted by Gasteiger charge is -2.22. The molecule has 1 aliphatic heterocycles. The van der Waals surface area contributed by atoms with Crippen molar-refractivity contribution in [3.8, 4) is 0 Å². The highest BCUT2D eigenvalue weighted by Crippen LogP contribution is 2.26. The molecule has 1 N–H and O–H groups in total. The van der Waals surface area contributed by atoms with Gasteiger partial charge in [0.15, 0.2) is 0 Å². The number of benzene rings is 2. The molecular formula is C17H12FNO4. The minimum absolute atomic E-state index is 0.0823. The summed E-state index contributed by atoms with van der Waals surface area (Å²) >= 11 is 0. The van der Waals surface area contributed by atoms with Gasteiger partial charge in [0.25, 0.3) is 11.8 Å². The summed E-state index contributed by atoms with van der Waals surface area (Å²) in [5.74, 6) is -2.98. The maximum atomic E-state index is 13.0. The molecule has 6 heteroatoms. The molecule has 2 amide bonds. The topological polar surface area (TPSA) is 74.7 Å². The van der Waals surface area contributed by atoms with Gasteiger partial charge in [-0.05, 0) is 29.8 Å². The van der Waals surface area contributed by atoms with E-state index in [-0.39, 0.29) is 17.5 Å². The molecule has 0 fully saturated rings. The predicted octanol–water partition coefficient (Wildman–Crippen LogP) is 2.12. The summed E-state index contributed by atoms with van der Waals surface area (Å²) in [4.78, 5) is 37.1. The fourth-order valence-electron chi connectivity index (χ4n) is 2.62. The number of halogens is 1.